The molecule has 2 aliphatic rings. The number of methoxy groups -OCH3 is 1. The molecule has 0 fully saturated rings. The zero-order valence-corrected chi connectivity index (χ0v) is 22.5. The van der Waals surface area contributed by atoms with Crippen molar-refractivity contribution in [2.45, 2.75) is 31.9 Å². The number of ether oxygens (including phenoxy) is 2. The number of nitrogens with one attached hydrogen (secondary N) is 1. The Bertz CT molecular complexity index is 1290. The fourth-order valence-electron chi connectivity index (χ4n) is 5.02. The standard InChI is InChI=1S/C27H23BrCl3NO2/c1-14-8-18(30)11-21-19-4-3-5-20(19)26(32-25(14)21)16-9-22(28)27(24(10-16)33-2)34-13-15-6-7-17(29)12-23(15)31/h3-4,6-12,19-20,26,32H,5,13H2,1-2H3/t19-,20+,26+/m1/s1. The zero-order chi connectivity index (χ0) is 24.0. The summed E-state index contributed by atoms with van der Waals surface area (Å²) in [6.45, 7) is 2.40. The molecule has 3 aromatic carbocycles. The number of halogens is 4. The molecule has 7 heteroatoms. The Morgan fingerprint density at radius 1 is 1.06 bits per heavy atom. The summed E-state index contributed by atoms with van der Waals surface area (Å²) in [5, 5.41) is 5.75. The highest BCUT2D eigenvalue weighted by atomic mass is 79.9. The predicted octanol–water partition coefficient (Wildman–Crippen LogP) is 9.13. The number of hydrogen-bond acceptors (Lipinski definition) is 3. The van der Waals surface area contributed by atoms with E-state index >= 15 is 0 Å². The van der Waals surface area contributed by atoms with E-state index in [-0.39, 0.29) is 6.04 Å². The van der Waals surface area contributed by atoms with Crippen LogP contribution >= 0.6 is 50.7 Å². The summed E-state index contributed by atoms with van der Waals surface area (Å²) >= 11 is 22.4. The zero-order valence-electron chi connectivity index (χ0n) is 18.7. The lowest BCUT2D eigenvalue weighted by Gasteiger charge is -2.38. The number of aryl methyl sites for hydroxylation is 1. The van der Waals surface area contributed by atoms with Crippen molar-refractivity contribution < 1.29 is 9.47 Å². The molecule has 3 atom stereocenters. The van der Waals surface area contributed by atoms with Gasteiger partial charge in [0.1, 0.15) is 6.61 Å². The van der Waals surface area contributed by atoms with Crippen molar-refractivity contribution in [1.82, 2.24) is 0 Å². The maximum atomic E-state index is 6.39. The van der Waals surface area contributed by atoms with Crippen molar-refractivity contribution in [3.05, 3.63) is 96.4 Å². The lowest BCUT2D eigenvalue weighted by atomic mass is 9.76. The summed E-state index contributed by atoms with van der Waals surface area (Å²) in [4.78, 5) is 0. The molecule has 0 spiro atoms. The van der Waals surface area contributed by atoms with E-state index in [1.54, 1.807) is 19.2 Å². The Hall–Kier alpha value is -1.85. The van der Waals surface area contributed by atoms with Crippen LogP contribution in [0.15, 0.2) is 59.1 Å². The average molecular weight is 580 g/mol. The summed E-state index contributed by atoms with van der Waals surface area (Å²) < 4.78 is 12.7. The van der Waals surface area contributed by atoms with Crippen LogP contribution in [-0.2, 0) is 6.61 Å². The molecule has 0 bridgehead atoms. The second kappa shape index (κ2) is 9.66. The van der Waals surface area contributed by atoms with Gasteiger partial charge in [0.05, 0.1) is 17.6 Å². The van der Waals surface area contributed by atoms with E-state index in [0.29, 0.717) is 40.0 Å². The summed E-state index contributed by atoms with van der Waals surface area (Å²) in [6.07, 6.45) is 5.59. The molecule has 0 saturated heterocycles. The Morgan fingerprint density at radius 2 is 1.88 bits per heavy atom. The maximum Gasteiger partial charge on any atom is 0.175 e. The van der Waals surface area contributed by atoms with Gasteiger partial charge in [-0.3, -0.25) is 0 Å². The highest BCUT2D eigenvalue weighted by Gasteiger charge is 2.39. The van der Waals surface area contributed by atoms with Crippen molar-refractivity contribution in [3.8, 4) is 11.5 Å². The first-order chi connectivity index (χ1) is 16.4. The minimum Gasteiger partial charge on any atom is -0.493 e. The molecular weight excluding hydrogens is 557 g/mol. The van der Waals surface area contributed by atoms with Crippen molar-refractivity contribution >= 4 is 56.4 Å². The van der Waals surface area contributed by atoms with Crippen LogP contribution in [0, 0.1) is 12.8 Å². The van der Waals surface area contributed by atoms with Crippen molar-refractivity contribution in [1.29, 1.82) is 0 Å². The van der Waals surface area contributed by atoms with E-state index in [0.717, 1.165) is 38.3 Å². The number of benzene rings is 3. The van der Waals surface area contributed by atoms with Gasteiger partial charge in [-0.05, 0) is 88.3 Å². The van der Waals surface area contributed by atoms with Gasteiger partial charge in [0.25, 0.3) is 0 Å². The molecule has 34 heavy (non-hydrogen) atoms. The molecule has 0 unspecified atom stereocenters. The highest BCUT2D eigenvalue weighted by Crippen LogP contribution is 2.52. The van der Waals surface area contributed by atoms with Crippen LogP contribution < -0.4 is 14.8 Å². The van der Waals surface area contributed by atoms with Crippen LogP contribution in [0.4, 0.5) is 5.69 Å². The molecule has 1 aliphatic heterocycles. The molecule has 1 N–H and O–H groups in total. The van der Waals surface area contributed by atoms with Crippen LogP contribution in [0.2, 0.25) is 15.1 Å². The summed E-state index contributed by atoms with van der Waals surface area (Å²) in [6, 6.07) is 13.8. The molecule has 1 heterocycles. The molecule has 5 rings (SSSR count). The van der Waals surface area contributed by atoms with E-state index < -0.39 is 0 Å². The first-order valence-corrected chi connectivity index (χ1v) is 13.0. The van der Waals surface area contributed by atoms with Gasteiger partial charge in [-0.25, -0.2) is 0 Å². The fraction of sp³-hybridized carbons (Fsp3) is 0.259. The van der Waals surface area contributed by atoms with Gasteiger partial charge >= 0.3 is 0 Å². The van der Waals surface area contributed by atoms with Gasteiger partial charge in [-0.1, -0.05) is 53.0 Å². The predicted molar refractivity (Wildman–Crippen MR) is 144 cm³/mol. The van der Waals surface area contributed by atoms with Crippen LogP contribution in [0.5, 0.6) is 11.5 Å². The first-order valence-electron chi connectivity index (χ1n) is 11.0. The number of rotatable bonds is 5. The Balaban J connectivity index is 1.47. The van der Waals surface area contributed by atoms with Crippen molar-refractivity contribution in [2.75, 3.05) is 12.4 Å². The Morgan fingerprint density at radius 3 is 2.65 bits per heavy atom. The van der Waals surface area contributed by atoms with Gasteiger partial charge in [-0.15, -0.1) is 0 Å². The fourth-order valence-corrected chi connectivity index (χ4v) is 6.34. The van der Waals surface area contributed by atoms with E-state index in [2.05, 4.69) is 58.5 Å². The minimum absolute atomic E-state index is 0.123. The Labute approximate surface area is 223 Å². The third kappa shape index (κ3) is 4.42. The first kappa shape index (κ1) is 23.9. The van der Waals surface area contributed by atoms with Crippen LogP contribution in [-0.4, -0.2) is 7.11 Å². The Kier molecular flexibility index (Phi) is 6.78. The molecular formula is C27H23BrCl3NO2. The number of anilines is 1. The molecule has 3 nitrogen and oxygen atoms in total. The number of allylic oxidation sites excluding steroid dienone is 2. The monoisotopic (exact) mass is 577 g/mol. The molecule has 0 aromatic heterocycles. The van der Waals surface area contributed by atoms with E-state index in [1.165, 1.54) is 5.56 Å². The second-order valence-corrected chi connectivity index (χ2v) is 10.9. The van der Waals surface area contributed by atoms with Gasteiger partial charge in [0.15, 0.2) is 11.5 Å². The SMILES string of the molecule is COc1cc([C@@H]2Nc3c(C)cc(Cl)cc3[C@@H]3C=CC[C@@H]32)cc(Br)c1OCc1ccc(Cl)cc1Cl. The van der Waals surface area contributed by atoms with E-state index in [4.69, 9.17) is 44.3 Å². The van der Waals surface area contributed by atoms with Crippen molar-refractivity contribution in [2.24, 2.45) is 5.92 Å². The van der Waals surface area contributed by atoms with Gasteiger partial charge in [0, 0.05) is 32.2 Å². The minimum atomic E-state index is 0.123. The molecule has 0 amide bonds. The van der Waals surface area contributed by atoms with Crippen LogP contribution in [0.1, 0.15) is 40.6 Å². The maximum absolute atomic E-state index is 6.39. The van der Waals surface area contributed by atoms with E-state index in [9.17, 15) is 0 Å². The summed E-state index contributed by atoms with van der Waals surface area (Å²) in [5.74, 6) is 2.02. The van der Waals surface area contributed by atoms with Gasteiger partial charge < -0.3 is 14.8 Å². The van der Waals surface area contributed by atoms with Crippen LogP contribution in [0.3, 0.4) is 0 Å². The van der Waals surface area contributed by atoms with Gasteiger partial charge in [0.2, 0.25) is 0 Å². The summed E-state index contributed by atoms with van der Waals surface area (Å²) in [5.41, 5.74) is 5.57. The quantitative estimate of drug-likeness (QED) is 0.306. The second-order valence-electron chi connectivity index (χ2n) is 8.72. The molecule has 3 aromatic rings. The summed E-state index contributed by atoms with van der Waals surface area (Å²) in [7, 11) is 1.66. The molecule has 0 radical (unpaired) electrons. The third-order valence-electron chi connectivity index (χ3n) is 6.63. The largest absolute Gasteiger partial charge is 0.493 e. The lowest BCUT2D eigenvalue weighted by Crippen LogP contribution is -2.29. The highest BCUT2D eigenvalue weighted by molar-refractivity contribution is 9.10. The molecule has 0 saturated carbocycles. The third-order valence-corrected chi connectivity index (χ3v) is 8.02. The van der Waals surface area contributed by atoms with E-state index in [1.807, 2.05) is 12.1 Å². The molecule has 176 valence electrons. The average Bonchev–Trinajstić information content (AvgIpc) is 3.29. The smallest absolute Gasteiger partial charge is 0.175 e. The number of fused-ring (bicyclic) bond motifs is 3. The van der Waals surface area contributed by atoms with Gasteiger partial charge in [-0.2, -0.15) is 0 Å². The number of hydrogen-bond donors (Lipinski definition) is 1. The molecule has 1 aliphatic carbocycles. The topological polar surface area (TPSA) is 30.5 Å². The van der Waals surface area contributed by atoms with Crippen LogP contribution in [0.25, 0.3) is 0 Å². The normalized spacial score (nSPS) is 20.5. The lowest BCUT2D eigenvalue weighted by molar-refractivity contribution is 0.282. The van der Waals surface area contributed by atoms with Crippen molar-refractivity contribution in [3.63, 3.8) is 0 Å².